The SMILES string of the molecule is CC1(C)Cc2c(cnn2Cc2ccccc2)C(NC(=O)C(C)(C)C)C1. The summed E-state index contributed by atoms with van der Waals surface area (Å²) in [5.41, 5.74) is 3.42. The highest BCUT2D eigenvalue weighted by molar-refractivity contribution is 5.81. The molecule has 1 atom stereocenters. The van der Waals surface area contributed by atoms with Crippen LogP contribution in [0.25, 0.3) is 0 Å². The molecule has 134 valence electrons. The topological polar surface area (TPSA) is 46.9 Å². The summed E-state index contributed by atoms with van der Waals surface area (Å²) in [6.07, 6.45) is 3.87. The summed E-state index contributed by atoms with van der Waals surface area (Å²) >= 11 is 0. The first-order chi connectivity index (χ1) is 11.7. The molecule has 25 heavy (non-hydrogen) atoms. The Morgan fingerprint density at radius 1 is 1.28 bits per heavy atom. The largest absolute Gasteiger partial charge is 0.349 e. The minimum absolute atomic E-state index is 0.0370. The molecule has 0 spiro atoms. The van der Waals surface area contributed by atoms with Crippen LogP contribution in [0.2, 0.25) is 0 Å². The van der Waals surface area contributed by atoms with Crippen molar-refractivity contribution in [3.63, 3.8) is 0 Å². The van der Waals surface area contributed by atoms with Crippen molar-refractivity contribution in [1.29, 1.82) is 0 Å². The van der Waals surface area contributed by atoms with Gasteiger partial charge in [-0.15, -0.1) is 0 Å². The van der Waals surface area contributed by atoms with Crippen LogP contribution in [0.5, 0.6) is 0 Å². The number of nitrogens with one attached hydrogen (secondary N) is 1. The zero-order chi connectivity index (χ0) is 18.2. The lowest BCUT2D eigenvalue weighted by Gasteiger charge is -2.37. The summed E-state index contributed by atoms with van der Waals surface area (Å²) in [4.78, 5) is 12.5. The summed E-state index contributed by atoms with van der Waals surface area (Å²) in [5, 5.41) is 7.90. The van der Waals surface area contributed by atoms with Gasteiger partial charge in [0.2, 0.25) is 5.91 Å². The molecule has 1 aliphatic rings. The number of carbonyl (C=O) groups excluding carboxylic acids is 1. The molecule has 3 rings (SSSR count). The molecule has 2 aromatic rings. The van der Waals surface area contributed by atoms with Gasteiger partial charge in [0, 0.05) is 16.7 Å². The van der Waals surface area contributed by atoms with Gasteiger partial charge >= 0.3 is 0 Å². The van der Waals surface area contributed by atoms with Gasteiger partial charge in [0.1, 0.15) is 0 Å². The third kappa shape index (κ3) is 3.94. The van der Waals surface area contributed by atoms with E-state index in [1.54, 1.807) is 0 Å². The molecule has 1 N–H and O–H groups in total. The number of fused-ring (bicyclic) bond motifs is 1. The maximum absolute atomic E-state index is 12.5. The zero-order valence-corrected chi connectivity index (χ0v) is 16.0. The summed E-state index contributed by atoms with van der Waals surface area (Å²) in [7, 11) is 0. The fourth-order valence-corrected chi connectivity index (χ4v) is 3.49. The van der Waals surface area contributed by atoms with Gasteiger partial charge in [-0.1, -0.05) is 65.0 Å². The second-order valence-corrected chi connectivity index (χ2v) is 9.01. The molecule has 1 aliphatic carbocycles. The van der Waals surface area contributed by atoms with Crippen molar-refractivity contribution in [3.8, 4) is 0 Å². The number of amides is 1. The summed E-state index contributed by atoms with van der Waals surface area (Å²) < 4.78 is 2.10. The van der Waals surface area contributed by atoms with Crippen LogP contribution in [0.1, 0.15) is 63.9 Å². The van der Waals surface area contributed by atoms with Gasteiger partial charge in [0.15, 0.2) is 0 Å². The van der Waals surface area contributed by atoms with E-state index in [0.29, 0.717) is 0 Å². The number of nitrogens with zero attached hydrogens (tertiary/aromatic N) is 2. The predicted molar refractivity (Wildman–Crippen MR) is 100 cm³/mol. The van der Waals surface area contributed by atoms with Crippen LogP contribution in [-0.2, 0) is 17.8 Å². The summed E-state index contributed by atoms with van der Waals surface area (Å²) in [6.45, 7) is 11.2. The molecule has 4 nitrogen and oxygen atoms in total. The maximum Gasteiger partial charge on any atom is 0.225 e. The van der Waals surface area contributed by atoms with E-state index in [0.717, 1.165) is 19.4 Å². The van der Waals surface area contributed by atoms with Crippen LogP contribution in [0.15, 0.2) is 36.5 Å². The average molecular weight is 339 g/mol. The van der Waals surface area contributed by atoms with Crippen molar-refractivity contribution in [1.82, 2.24) is 15.1 Å². The Balaban J connectivity index is 1.90. The number of carbonyl (C=O) groups is 1. The molecule has 0 aliphatic heterocycles. The molecule has 1 amide bonds. The van der Waals surface area contributed by atoms with E-state index in [-0.39, 0.29) is 22.8 Å². The third-order valence-corrected chi connectivity index (χ3v) is 4.92. The number of aromatic nitrogens is 2. The lowest BCUT2D eigenvalue weighted by atomic mass is 9.74. The van der Waals surface area contributed by atoms with Crippen LogP contribution in [0, 0.1) is 10.8 Å². The van der Waals surface area contributed by atoms with E-state index >= 15 is 0 Å². The lowest BCUT2D eigenvalue weighted by molar-refractivity contribution is -0.129. The third-order valence-electron chi connectivity index (χ3n) is 4.92. The Morgan fingerprint density at radius 2 is 1.96 bits per heavy atom. The molecule has 0 saturated heterocycles. The Bertz CT molecular complexity index is 753. The fourth-order valence-electron chi connectivity index (χ4n) is 3.49. The van der Waals surface area contributed by atoms with Gasteiger partial charge in [-0.3, -0.25) is 9.48 Å². The van der Waals surface area contributed by atoms with E-state index in [2.05, 4.69) is 53.2 Å². The van der Waals surface area contributed by atoms with Crippen LogP contribution < -0.4 is 5.32 Å². The molecule has 1 unspecified atom stereocenters. The van der Waals surface area contributed by atoms with Gasteiger partial charge in [-0.25, -0.2) is 0 Å². The van der Waals surface area contributed by atoms with Crippen LogP contribution in [0.3, 0.4) is 0 Å². The molecule has 0 radical (unpaired) electrons. The average Bonchev–Trinajstić information content (AvgIpc) is 2.89. The summed E-state index contributed by atoms with van der Waals surface area (Å²) in [5.74, 6) is 0.0944. The van der Waals surface area contributed by atoms with Crippen molar-refractivity contribution >= 4 is 5.91 Å². The molecule has 0 bridgehead atoms. The minimum Gasteiger partial charge on any atom is -0.349 e. The van der Waals surface area contributed by atoms with Crippen molar-refractivity contribution in [2.75, 3.05) is 0 Å². The molecule has 1 aromatic heterocycles. The van der Waals surface area contributed by atoms with Crippen molar-refractivity contribution < 1.29 is 4.79 Å². The molecule has 1 heterocycles. The maximum atomic E-state index is 12.5. The molecular formula is C21H29N3O. The molecular weight excluding hydrogens is 310 g/mol. The Hall–Kier alpha value is -2.10. The number of benzene rings is 1. The van der Waals surface area contributed by atoms with Gasteiger partial charge in [0.05, 0.1) is 18.8 Å². The quantitative estimate of drug-likeness (QED) is 0.915. The van der Waals surface area contributed by atoms with E-state index in [1.807, 2.05) is 33.0 Å². The zero-order valence-electron chi connectivity index (χ0n) is 16.0. The molecule has 1 aromatic carbocycles. The van der Waals surface area contributed by atoms with E-state index < -0.39 is 0 Å². The fraction of sp³-hybridized carbons (Fsp3) is 0.524. The molecule has 4 heteroatoms. The van der Waals surface area contributed by atoms with Gasteiger partial charge in [-0.05, 0) is 23.8 Å². The first-order valence-electron chi connectivity index (χ1n) is 9.05. The normalized spacial score (nSPS) is 19.3. The number of hydrogen-bond acceptors (Lipinski definition) is 2. The smallest absolute Gasteiger partial charge is 0.225 e. The standard InChI is InChI=1S/C21H29N3O/c1-20(2,3)19(25)23-17-11-21(4,5)12-18-16(17)13-22-24(18)14-15-9-7-6-8-10-15/h6-10,13,17H,11-12,14H2,1-5H3,(H,23,25). The molecule has 0 fully saturated rings. The Labute approximate surface area is 150 Å². The number of hydrogen-bond donors (Lipinski definition) is 1. The first kappa shape index (κ1) is 17.7. The predicted octanol–water partition coefficient (Wildman–Crippen LogP) is 4.11. The first-order valence-corrected chi connectivity index (χ1v) is 9.05. The van der Waals surface area contributed by atoms with Crippen molar-refractivity contribution in [2.24, 2.45) is 10.8 Å². The lowest BCUT2D eigenvalue weighted by Crippen LogP contribution is -2.41. The second kappa shape index (κ2) is 6.32. The minimum atomic E-state index is -0.387. The highest BCUT2D eigenvalue weighted by Crippen LogP contribution is 2.41. The molecule has 0 saturated carbocycles. The van der Waals surface area contributed by atoms with Crippen LogP contribution in [-0.4, -0.2) is 15.7 Å². The second-order valence-electron chi connectivity index (χ2n) is 9.01. The number of rotatable bonds is 3. The summed E-state index contributed by atoms with van der Waals surface area (Å²) in [6, 6.07) is 10.4. The van der Waals surface area contributed by atoms with E-state index in [1.165, 1.54) is 16.8 Å². The van der Waals surface area contributed by atoms with Gasteiger partial charge in [0.25, 0.3) is 0 Å². The van der Waals surface area contributed by atoms with E-state index in [9.17, 15) is 4.79 Å². The van der Waals surface area contributed by atoms with Crippen LogP contribution >= 0.6 is 0 Å². The highest BCUT2D eigenvalue weighted by Gasteiger charge is 2.37. The van der Waals surface area contributed by atoms with Crippen molar-refractivity contribution in [2.45, 2.75) is 60.0 Å². The van der Waals surface area contributed by atoms with Gasteiger partial charge < -0.3 is 5.32 Å². The van der Waals surface area contributed by atoms with Crippen molar-refractivity contribution in [3.05, 3.63) is 53.3 Å². The van der Waals surface area contributed by atoms with Gasteiger partial charge in [-0.2, -0.15) is 5.10 Å². The van der Waals surface area contributed by atoms with E-state index in [4.69, 9.17) is 0 Å². The highest BCUT2D eigenvalue weighted by atomic mass is 16.2. The van der Waals surface area contributed by atoms with Crippen LogP contribution in [0.4, 0.5) is 0 Å². The monoisotopic (exact) mass is 339 g/mol. The Kier molecular flexibility index (Phi) is 4.48. The Morgan fingerprint density at radius 3 is 2.60 bits per heavy atom.